The van der Waals surface area contributed by atoms with Gasteiger partial charge in [0, 0.05) is 31.1 Å². The van der Waals surface area contributed by atoms with Crippen LogP contribution in [0.15, 0.2) is 59.1 Å². The molecule has 5 rings (SSSR count). The van der Waals surface area contributed by atoms with Crippen molar-refractivity contribution in [3.05, 3.63) is 75.8 Å². The van der Waals surface area contributed by atoms with E-state index >= 15 is 0 Å². The van der Waals surface area contributed by atoms with E-state index in [2.05, 4.69) is 0 Å². The monoisotopic (exact) mass is 561 g/mol. The molecule has 2 aromatic rings. The van der Waals surface area contributed by atoms with E-state index in [0.29, 0.717) is 22.3 Å². The van der Waals surface area contributed by atoms with Crippen LogP contribution in [0.4, 0.5) is 0 Å². The van der Waals surface area contributed by atoms with Gasteiger partial charge in [0.05, 0.1) is 11.6 Å². The number of nitrogens with zero attached hydrogens (tertiary/aromatic N) is 2. The highest BCUT2D eigenvalue weighted by Gasteiger charge is 2.63. The lowest BCUT2D eigenvalue weighted by Gasteiger charge is -2.50. The van der Waals surface area contributed by atoms with Crippen LogP contribution in [-0.4, -0.2) is 93.4 Å². The minimum absolute atomic E-state index is 0.0139. The van der Waals surface area contributed by atoms with Crippen molar-refractivity contribution in [1.29, 1.82) is 0 Å². The molecule has 0 saturated carbocycles. The summed E-state index contributed by atoms with van der Waals surface area (Å²) in [6.07, 6.45) is 0.129. The molecule has 0 bridgehead atoms. The number of aliphatic hydroxyl groups is 3. The van der Waals surface area contributed by atoms with Crippen LogP contribution in [-0.2, 0) is 16.0 Å². The summed E-state index contributed by atoms with van der Waals surface area (Å²) in [4.78, 5) is 55.0. The molecule has 2 aromatic carbocycles. The number of benzene rings is 2. The Hall–Kier alpha value is -4.48. The summed E-state index contributed by atoms with van der Waals surface area (Å²) in [6, 6.07) is 8.78. The molecule has 6 N–H and O–H groups in total. The molecule has 2 amide bonds. The fourth-order valence-electron chi connectivity index (χ4n) is 6.60. The first kappa shape index (κ1) is 28.1. The molecule has 0 heterocycles. The van der Waals surface area contributed by atoms with Crippen LogP contribution in [0.1, 0.15) is 32.7 Å². The van der Waals surface area contributed by atoms with Crippen molar-refractivity contribution in [2.24, 2.45) is 17.6 Å². The summed E-state index contributed by atoms with van der Waals surface area (Å²) in [7, 11) is 6.42. The van der Waals surface area contributed by atoms with Gasteiger partial charge in [0.1, 0.15) is 22.8 Å². The lowest BCUT2D eigenvalue weighted by Crippen LogP contribution is -2.63. The van der Waals surface area contributed by atoms with Crippen molar-refractivity contribution in [3.8, 4) is 16.9 Å². The van der Waals surface area contributed by atoms with Crippen LogP contribution in [0.5, 0.6) is 5.75 Å². The van der Waals surface area contributed by atoms with E-state index in [1.165, 1.54) is 15.9 Å². The van der Waals surface area contributed by atoms with E-state index in [0.717, 1.165) is 0 Å². The summed E-state index contributed by atoms with van der Waals surface area (Å²) >= 11 is 0. The maximum atomic E-state index is 13.9. The Kier molecular flexibility index (Phi) is 6.55. The normalized spacial score (nSPS) is 25.6. The van der Waals surface area contributed by atoms with Gasteiger partial charge in [-0.2, -0.15) is 0 Å². The topological polar surface area (TPSA) is 182 Å². The molecule has 41 heavy (non-hydrogen) atoms. The summed E-state index contributed by atoms with van der Waals surface area (Å²) in [5.74, 6) is -7.24. The molecule has 0 radical (unpaired) electrons. The largest absolute Gasteiger partial charge is 0.510 e. The Labute approximate surface area is 235 Å². The first-order valence-corrected chi connectivity index (χ1v) is 13.0. The molecule has 11 heteroatoms. The molecule has 0 fully saturated rings. The van der Waals surface area contributed by atoms with Crippen LogP contribution in [0.2, 0.25) is 0 Å². The lowest BCUT2D eigenvalue weighted by atomic mass is 9.58. The number of ketones is 2. The molecular weight excluding hydrogens is 530 g/mol. The molecular formula is C30H31N3O8. The number of fused-ring (bicyclic) bond motifs is 3. The van der Waals surface area contributed by atoms with Crippen molar-refractivity contribution in [2.45, 2.75) is 24.5 Å². The first-order valence-electron chi connectivity index (χ1n) is 13.0. The number of amides is 2. The summed E-state index contributed by atoms with van der Waals surface area (Å²) in [5.41, 5.74) is 3.65. The van der Waals surface area contributed by atoms with Gasteiger partial charge in [0.2, 0.25) is 5.78 Å². The number of hydrogen-bond acceptors (Lipinski definition) is 9. The zero-order valence-electron chi connectivity index (χ0n) is 23.0. The number of allylic oxidation sites excluding steroid dienone is 1. The molecule has 3 aliphatic carbocycles. The van der Waals surface area contributed by atoms with E-state index < -0.39 is 58.0 Å². The summed E-state index contributed by atoms with van der Waals surface area (Å²) in [6.45, 7) is 0. The number of likely N-dealkylation sites (N-methyl/N-ethyl adjacent to an activating group) is 1. The van der Waals surface area contributed by atoms with Gasteiger partial charge in [-0.3, -0.25) is 24.1 Å². The molecule has 0 unspecified atom stereocenters. The average molecular weight is 562 g/mol. The molecule has 3 aliphatic rings. The number of primary amides is 1. The van der Waals surface area contributed by atoms with E-state index in [-0.39, 0.29) is 35.6 Å². The number of phenolic OH excluding ortho intramolecular Hbond substituents is 1. The molecule has 0 spiro atoms. The number of hydrogen-bond donors (Lipinski definition) is 5. The highest BCUT2D eigenvalue weighted by Crippen LogP contribution is 2.53. The number of aromatic hydroxyl groups is 1. The number of phenols is 1. The zero-order valence-corrected chi connectivity index (χ0v) is 23.0. The first-order chi connectivity index (χ1) is 19.2. The van der Waals surface area contributed by atoms with Gasteiger partial charge in [-0.15, -0.1) is 0 Å². The van der Waals surface area contributed by atoms with Crippen LogP contribution in [0, 0.1) is 11.8 Å². The SMILES string of the molecule is CN(C)C(=O)c1cccc(-c2ccc(O)c3c2C[C@@H]2C[C@@H]4[C@H](N(C)C)C(O)=C(C(N)=O)C(=O)[C@@]4(O)C(O)=C2C3=O)c1. The van der Waals surface area contributed by atoms with Gasteiger partial charge in [0.15, 0.2) is 11.4 Å². The van der Waals surface area contributed by atoms with Crippen LogP contribution >= 0.6 is 0 Å². The van der Waals surface area contributed by atoms with Crippen LogP contribution in [0.25, 0.3) is 11.1 Å². The maximum Gasteiger partial charge on any atom is 0.255 e. The average Bonchev–Trinajstić information content (AvgIpc) is 2.90. The molecule has 4 atom stereocenters. The number of rotatable bonds is 4. The van der Waals surface area contributed by atoms with Gasteiger partial charge in [-0.25, -0.2) is 0 Å². The van der Waals surface area contributed by atoms with Gasteiger partial charge >= 0.3 is 0 Å². The van der Waals surface area contributed by atoms with E-state index in [1.54, 1.807) is 58.5 Å². The third-order valence-electron chi connectivity index (χ3n) is 8.43. The zero-order chi connectivity index (χ0) is 30.1. The highest BCUT2D eigenvalue weighted by atomic mass is 16.3. The second-order valence-electron chi connectivity index (χ2n) is 11.2. The maximum absolute atomic E-state index is 13.9. The molecule has 0 aliphatic heterocycles. The van der Waals surface area contributed by atoms with Gasteiger partial charge in [0.25, 0.3) is 11.8 Å². The third kappa shape index (κ3) is 3.95. The Balaban J connectivity index is 1.69. The number of carbonyl (C=O) groups excluding carboxylic acids is 4. The van der Waals surface area contributed by atoms with Crippen LogP contribution < -0.4 is 5.73 Å². The Bertz CT molecular complexity index is 1600. The number of nitrogens with two attached hydrogens (primary N) is 1. The Morgan fingerprint density at radius 3 is 2.32 bits per heavy atom. The fourth-order valence-corrected chi connectivity index (χ4v) is 6.60. The molecule has 214 valence electrons. The predicted octanol–water partition coefficient (Wildman–Crippen LogP) is 1.49. The standard InChI is InChI=1S/C30H31N3O8/c1-32(2)23-18-12-15-11-17-16(13-6-5-7-14(10-13)29(40)33(3)4)8-9-19(34)21(17)24(35)20(15)26(37)30(18,41)27(38)22(25(23)36)28(31)39/h5-10,15,18,23,34,36-37,41H,11-12H2,1-4H3,(H2,31,39)/t15-,18-,23+,30+/m1/s1. The van der Waals surface area contributed by atoms with Crippen molar-refractivity contribution >= 4 is 23.4 Å². The van der Waals surface area contributed by atoms with Gasteiger partial charge < -0.3 is 31.1 Å². The lowest BCUT2D eigenvalue weighted by molar-refractivity contribution is -0.148. The fraction of sp³-hybridized carbons (Fsp3) is 0.333. The second-order valence-corrected chi connectivity index (χ2v) is 11.2. The molecule has 0 saturated heterocycles. The van der Waals surface area contributed by atoms with Crippen molar-refractivity contribution in [3.63, 3.8) is 0 Å². The van der Waals surface area contributed by atoms with E-state index in [1.807, 2.05) is 0 Å². The van der Waals surface area contributed by atoms with E-state index in [4.69, 9.17) is 5.73 Å². The van der Waals surface area contributed by atoms with Crippen LogP contribution in [0.3, 0.4) is 0 Å². The Morgan fingerprint density at radius 2 is 1.71 bits per heavy atom. The predicted molar refractivity (Wildman–Crippen MR) is 147 cm³/mol. The minimum atomic E-state index is -2.70. The summed E-state index contributed by atoms with van der Waals surface area (Å²) in [5, 5.41) is 44.8. The Morgan fingerprint density at radius 1 is 1.02 bits per heavy atom. The third-order valence-corrected chi connectivity index (χ3v) is 8.43. The summed E-state index contributed by atoms with van der Waals surface area (Å²) < 4.78 is 0. The smallest absolute Gasteiger partial charge is 0.255 e. The number of Topliss-reactive ketones (excluding diaryl/α,β-unsaturated/α-hetero) is 2. The van der Waals surface area contributed by atoms with Crippen molar-refractivity contribution in [2.75, 3.05) is 28.2 Å². The second kappa shape index (κ2) is 9.57. The number of carbonyl (C=O) groups is 4. The van der Waals surface area contributed by atoms with Gasteiger partial charge in [-0.05, 0) is 67.7 Å². The van der Waals surface area contributed by atoms with Gasteiger partial charge in [-0.1, -0.05) is 18.2 Å². The molecule has 0 aromatic heterocycles. The van der Waals surface area contributed by atoms with E-state index in [9.17, 15) is 39.6 Å². The van der Waals surface area contributed by atoms with Crippen molar-refractivity contribution in [1.82, 2.24) is 9.80 Å². The minimum Gasteiger partial charge on any atom is -0.510 e. The number of aliphatic hydroxyl groups excluding tert-OH is 2. The van der Waals surface area contributed by atoms with Crippen molar-refractivity contribution < 1.29 is 39.6 Å². The highest BCUT2D eigenvalue weighted by molar-refractivity contribution is 6.25. The molecule has 11 nitrogen and oxygen atoms in total. The quantitative estimate of drug-likeness (QED) is 0.345.